The zero-order valence-electron chi connectivity index (χ0n) is 11.6. The van der Waals surface area contributed by atoms with Crippen molar-refractivity contribution in [1.82, 2.24) is 0 Å². The molecule has 0 saturated carbocycles. The van der Waals surface area contributed by atoms with Crippen molar-refractivity contribution in [3.8, 4) is 0 Å². The maximum atomic E-state index is 13.8. The van der Waals surface area contributed by atoms with Gasteiger partial charge < -0.3 is 0 Å². The second-order valence-corrected chi connectivity index (χ2v) is 4.95. The van der Waals surface area contributed by atoms with Crippen molar-refractivity contribution in [3.05, 3.63) is 34.9 Å². The van der Waals surface area contributed by atoms with E-state index >= 15 is 0 Å². The van der Waals surface area contributed by atoms with E-state index in [1.165, 1.54) is 12.1 Å². The summed E-state index contributed by atoms with van der Waals surface area (Å²) >= 11 is 0. The van der Waals surface area contributed by atoms with Crippen LogP contribution in [-0.4, -0.2) is 0 Å². The molecular weight excluding hydrogens is 230 g/mol. The zero-order chi connectivity index (χ0) is 13.4. The molecule has 1 rings (SSSR count). The summed E-state index contributed by atoms with van der Waals surface area (Å²) in [5, 5.41) is 0. The molecular formula is C16H24F2. The Morgan fingerprint density at radius 2 is 1.11 bits per heavy atom. The fourth-order valence-electron chi connectivity index (χ4n) is 2.14. The van der Waals surface area contributed by atoms with E-state index in [0.29, 0.717) is 24.0 Å². The third-order valence-corrected chi connectivity index (χ3v) is 3.31. The van der Waals surface area contributed by atoms with Gasteiger partial charge in [0.25, 0.3) is 0 Å². The Morgan fingerprint density at radius 3 is 1.44 bits per heavy atom. The average molecular weight is 254 g/mol. The predicted octanol–water partition coefficient (Wildman–Crippen LogP) is 5.43. The van der Waals surface area contributed by atoms with Gasteiger partial charge in [0.1, 0.15) is 11.6 Å². The number of aryl methyl sites for hydroxylation is 2. The summed E-state index contributed by atoms with van der Waals surface area (Å²) in [7, 11) is 0. The summed E-state index contributed by atoms with van der Waals surface area (Å²) in [6, 6.07) is 2.79. The fourth-order valence-corrected chi connectivity index (χ4v) is 2.14. The van der Waals surface area contributed by atoms with Crippen LogP contribution in [0.3, 0.4) is 0 Å². The molecule has 0 amide bonds. The largest absolute Gasteiger partial charge is 0.207 e. The van der Waals surface area contributed by atoms with Crippen LogP contribution in [0.5, 0.6) is 0 Å². The van der Waals surface area contributed by atoms with Gasteiger partial charge in [-0.25, -0.2) is 8.78 Å². The Bertz CT molecular complexity index is 323. The number of unbranched alkanes of at least 4 members (excludes halogenated alkanes) is 4. The normalized spacial score (nSPS) is 10.9. The molecule has 0 unspecified atom stereocenters. The number of hydrogen-bond acceptors (Lipinski definition) is 0. The van der Waals surface area contributed by atoms with Crippen LogP contribution in [0, 0.1) is 11.6 Å². The predicted molar refractivity (Wildman–Crippen MR) is 72.8 cm³/mol. The number of hydrogen-bond donors (Lipinski definition) is 0. The lowest BCUT2D eigenvalue weighted by Gasteiger charge is -2.08. The summed E-state index contributed by atoms with van der Waals surface area (Å²) < 4.78 is 27.6. The van der Waals surface area contributed by atoms with E-state index in [1.54, 1.807) is 0 Å². The van der Waals surface area contributed by atoms with Gasteiger partial charge in [-0.1, -0.05) is 39.5 Å². The minimum Gasteiger partial charge on any atom is -0.207 e. The Kier molecular flexibility index (Phi) is 6.92. The number of rotatable bonds is 8. The van der Waals surface area contributed by atoms with E-state index < -0.39 is 0 Å². The molecule has 0 aromatic heterocycles. The lowest BCUT2D eigenvalue weighted by Crippen LogP contribution is -1.98. The molecule has 1 aromatic rings. The van der Waals surface area contributed by atoms with Gasteiger partial charge in [-0.3, -0.25) is 0 Å². The van der Waals surface area contributed by atoms with Crippen molar-refractivity contribution in [2.45, 2.75) is 65.2 Å². The van der Waals surface area contributed by atoms with E-state index in [2.05, 4.69) is 13.8 Å². The van der Waals surface area contributed by atoms with Crippen molar-refractivity contribution in [2.24, 2.45) is 0 Å². The maximum absolute atomic E-state index is 13.8. The number of benzene rings is 1. The fraction of sp³-hybridized carbons (Fsp3) is 0.625. The third kappa shape index (κ3) is 4.75. The first-order valence-corrected chi connectivity index (χ1v) is 7.15. The minimum absolute atomic E-state index is 0.237. The van der Waals surface area contributed by atoms with Gasteiger partial charge in [-0.15, -0.1) is 0 Å². The molecule has 2 heteroatoms. The van der Waals surface area contributed by atoms with Crippen LogP contribution in [-0.2, 0) is 12.8 Å². The Balaban J connectivity index is 2.64. The smallest absolute Gasteiger partial charge is 0.126 e. The molecule has 0 saturated heterocycles. The first-order valence-electron chi connectivity index (χ1n) is 7.15. The van der Waals surface area contributed by atoms with Crippen molar-refractivity contribution in [3.63, 3.8) is 0 Å². The lowest BCUT2D eigenvalue weighted by atomic mass is 10.0. The highest BCUT2D eigenvalue weighted by Gasteiger charge is 2.09. The van der Waals surface area contributed by atoms with Gasteiger partial charge in [0.05, 0.1) is 0 Å². The van der Waals surface area contributed by atoms with Gasteiger partial charge in [0.15, 0.2) is 0 Å². The highest BCUT2D eigenvalue weighted by Crippen LogP contribution is 2.19. The van der Waals surface area contributed by atoms with Crippen molar-refractivity contribution >= 4 is 0 Å². The molecule has 0 spiro atoms. The maximum Gasteiger partial charge on any atom is 0.126 e. The van der Waals surface area contributed by atoms with Crippen molar-refractivity contribution < 1.29 is 8.78 Å². The van der Waals surface area contributed by atoms with Gasteiger partial charge >= 0.3 is 0 Å². The Hall–Kier alpha value is -0.920. The molecule has 102 valence electrons. The topological polar surface area (TPSA) is 0 Å². The first kappa shape index (κ1) is 15.1. The average Bonchev–Trinajstić information content (AvgIpc) is 2.35. The van der Waals surface area contributed by atoms with E-state index in [4.69, 9.17) is 0 Å². The summed E-state index contributed by atoms with van der Waals surface area (Å²) in [5.74, 6) is -0.474. The van der Waals surface area contributed by atoms with E-state index in [1.807, 2.05) is 0 Å². The van der Waals surface area contributed by atoms with Crippen LogP contribution in [0.1, 0.15) is 63.5 Å². The van der Waals surface area contributed by atoms with Crippen LogP contribution in [0.25, 0.3) is 0 Å². The van der Waals surface area contributed by atoms with Crippen LogP contribution in [0.4, 0.5) is 8.78 Å². The Morgan fingerprint density at radius 1 is 0.722 bits per heavy atom. The zero-order valence-corrected chi connectivity index (χ0v) is 11.6. The SMILES string of the molecule is CCCCCc1cc(F)c(CCCCC)cc1F. The van der Waals surface area contributed by atoms with E-state index in [9.17, 15) is 8.78 Å². The molecule has 0 aliphatic heterocycles. The quantitative estimate of drug-likeness (QED) is 0.543. The second kappa shape index (κ2) is 8.23. The molecule has 0 atom stereocenters. The molecule has 0 fully saturated rings. The van der Waals surface area contributed by atoms with Gasteiger partial charge in [-0.05, 0) is 48.9 Å². The molecule has 0 heterocycles. The van der Waals surface area contributed by atoms with Crippen molar-refractivity contribution in [1.29, 1.82) is 0 Å². The summed E-state index contributed by atoms with van der Waals surface area (Å²) in [4.78, 5) is 0. The van der Waals surface area contributed by atoms with Crippen LogP contribution in [0.2, 0.25) is 0 Å². The van der Waals surface area contributed by atoms with E-state index in [-0.39, 0.29) is 11.6 Å². The Labute approximate surface area is 109 Å². The molecule has 0 aliphatic carbocycles. The van der Waals surface area contributed by atoms with Crippen LogP contribution in [0.15, 0.2) is 12.1 Å². The molecule has 1 aromatic carbocycles. The van der Waals surface area contributed by atoms with Gasteiger partial charge in [0.2, 0.25) is 0 Å². The van der Waals surface area contributed by atoms with Crippen LogP contribution < -0.4 is 0 Å². The highest BCUT2D eigenvalue weighted by molar-refractivity contribution is 5.26. The van der Waals surface area contributed by atoms with Crippen molar-refractivity contribution in [2.75, 3.05) is 0 Å². The molecule has 0 bridgehead atoms. The summed E-state index contributed by atoms with van der Waals surface area (Å²) in [6.45, 7) is 4.21. The minimum atomic E-state index is -0.237. The first-order chi connectivity index (χ1) is 8.69. The summed E-state index contributed by atoms with van der Waals surface area (Å²) in [6.07, 6.45) is 7.48. The lowest BCUT2D eigenvalue weighted by molar-refractivity contribution is 0.560. The molecule has 0 radical (unpaired) electrons. The molecule has 0 aliphatic rings. The van der Waals surface area contributed by atoms with Crippen LogP contribution >= 0.6 is 0 Å². The standard InChI is InChI=1S/C16H24F2/c1-3-5-7-9-13-11-16(18)14(12-15(13)17)10-8-6-4-2/h11-12H,3-10H2,1-2H3. The third-order valence-electron chi connectivity index (χ3n) is 3.31. The molecule has 18 heavy (non-hydrogen) atoms. The monoisotopic (exact) mass is 254 g/mol. The number of halogens is 2. The second-order valence-electron chi connectivity index (χ2n) is 4.95. The molecule has 0 N–H and O–H groups in total. The van der Waals surface area contributed by atoms with Gasteiger partial charge in [0, 0.05) is 0 Å². The highest BCUT2D eigenvalue weighted by atomic mass is 19.1. The van der Waals surface area contributed by atoms with E-state index in [0.717, 1.165) is 38.5 Å². The molecule has 0 nitrogen and oxygen atoms in total. The van der Waals surface area contributed by atoms with Gasteiger partial charge in [-0.2, -0.15) is 0 Å². The summed E-state index contributed by atoms with van der Waals surface area (Å²) in [5.41, 5.74) is 1.06.